The van der Waals surface area contributed by atoms with Crippen LogP contribution >= 0.6 is 12.4 Å². The number of para-hydroxylation sites is 1. The Morgan fingerprint density at radius 2 is 1.66 bits per heavy atom. The highest BCUT2D eigenvalue weighted by Gasteiger charge is 2.14. The van der Waals surface area contributed by atoms with Crippen LogP contribution in [-0.4, -0.2) is 24.9 Å². The highest BCUT2D eigenvalue weighted by molar-refractivity contribution is 5.93. The van der Waals surface area contributed by atoms with Gasteiger partial charge in [-0.15, -0.1) is 12.4 Å². The predicted octanol–water partition coefficient (Wildman–Crippen LogP) is 4.15. The number of benzene rings is 2. The van der Waals surface area contributed by atoms with Crippen LogP contribution < -0.4 is 16.0 Å². The Balaban J connectivity index is 0.00000300. The summed E-state index contributed by atoms with van der Waals surface area (Å²) in [7, 11) is 0. The average Bonchev–Trinajstić information content (AvgIpc) is 2.70. The first-order chi connectivity index (χ1) is 13.6. The van der Waals surface area contributed by atoms with Crippen molar-refractivity contribution in [1.82, 2.24) is 5.32 Å². The minimum absolute atomic E-state index is 0. The molecule has 0 aliphatic carbocycles. The molecule has 156 valence electrons. The van der Waals surface area contributed by atoms with Crippen molar-refractivity contribution in [3.05, 3.63) is 59.9 Å². The van der Waals surface area contributed by atoms with E-state index in [1.165, 1.54) is 12.1 Å². The number of carbonyl (C=O) groups excluding carboxylic acids is 2. The molecule has 0 radical (unpaired) electrons. The maximum absolute atomic E-state index is 13.6. The van der Waals surface area contributed by atoms with Gasteiger partial charge in [-0.1, -0.05) is 24.3 Å². The lowest BCUT2D eigenvalue weighted by molar-refractivity contribution is -0.117. The van der Waals surface area contributed by atoms with Gasteiger partial charge in [0.25, 0.3) is 0 Å². The van der Waals surface area contributed by atoms with Crippen molar-refractivity contribution in [3.63, 3.8) is 0 Å². The van der Waals surface area contributed by atoms with Gasteiger partial charge >= 0.3 is 0 Å². The van der Waals surface area contributed by atoms with Gasteiger partial charge < -0.3 is 16.0 Å². The van der Waals surface area contributed by atoms with Crippen LogP contribution in [0.1, 0.15) is 31.2 Å². The summed E-state index contributed by atoms with van der Waals surface area (Å²) in [5.41, 5.74) is 1.68. The third kappa shape index (κ3) is 7.48. The highest BCUT2D eigenvalue weighted by atomic mass is 35.5. The topological polar surface area (TPSA) is 70.2 Å². The normalized spacial score (nSPS) is 14.0. The molecule has 7 heteroatoms. The lowest BCUT2D eigenvalue weighted by Crippen LogP contribution is -2.28. The molecule has 1 fully saturated rings. The standard InChI is InChI=1S/C22H26FN3O2.ClH/c23-19-3-1-2-4-20(19)26-22(28)15-17-5-8-18(9-6-17)25-21(27)10-7-16-11-13-24-14-12-16;/h1-6,8-9,16,24H,7,10-15H2,(H,25,27)(H,26,28);1H. The molecule has 3 rings (SSSR count). The van der Waals surface area contributed by atoms with Gasteiger partial charge in [0, 0.05) is 12.1 Å². The second kappa shape index (κ2) is 11.5. The van der Waals surface area contributed by atoms with Crippen molar-refractivity contribution in [2.75, 3.05) is 23.7 Å². The molecule has 0 atom stereocenters. The number of amides is 2. The van der Waals surface area contributed by atoms with Gasteiger partial charge in [-0.25, -0.2) is 4.39 Å². The highest BCUT2D eigenvalue weighted by Crippen LogP contribution is 2.19. The van der Waals surface area contributed by atoms with Gasteiger partial charge in [0.05, 0.1) is 12.1 Å². The van der Waals surface area contributed by atoms with Gasteiger partial charge in [0.2, 0.25) is 11.8 Å². The van der Waals surface area contributed by atoms with Crippen LogP contribution in [0.4, 0.5) is 15.8 Å². The third-order valence-electron chi connectivity index (χ3n) is 4.99. The first-order valence-corrected chi connectivity index (χ1v) is 9.74. The minimum Gasteiger partial charge on any atom is -0.326 e. The van der Waals surface area contributed by atoms with E-state index >= 15 is 0 Å². The average molecular weight is 420 g/mol. The fourth-order valence-electron chi connectivity index (χ4n) is 3.38. The minimum atomic E-state index is -0.460. The van der Waals surface area contributed by atoms with Gasteiger partial charge in [0.15, 0.2) is 0 Å². The van der Waals surface area contributed by atoms with E-state index in [1.54, 1.807) is 36.4 Å². The number of piperidine rings is 1. The first kappa shape index (κ1) is 22.8. The molecule has 2 amide bonds. The summed E-state index contributed by atoms with van der Waals surface area (Å²) in [5, 5.41) is 8.80. The molecule has 0 aromatic heterocycles. The summed E-state index contributed by atoms with van der Waals surface area (Å²) < 4.78 is 13.6. The fraction of sp³-hybridized carbons (Fsp3) is 0.364. The Bertz CT molecular complexity index is 808. The lowest BCUT2D eigenvalue weighted by Gasteiger charge is -2.22. The molecular weight excluding hydrogens is 393 g/mol. The summed E-state index contributed by atoms with van der Waals surface area (Å²) >= 11 is 0. The molecule has 0 saturated carbocycles. The van der Waals surface area contributed by atoms with Crippen molar-refractivity contribution >= 4 is 35.6 Å². The monoisotopic (exact) mass is 419 g/mol. The van der Waals surface area contributed by atoms with Crippen LogP contribution in [0, 0.1) is 11.7 Å². The van der Waals surface area contributed by atoms with Crippen molar-refractivity contribution in [1.29, 1.82) is 0 Å². The van der Waals surface area contributed by atoms with Crippen molar-refractivity contribution in [3.8, 4) is 0 Å². The molecule has 1 heterocycles. The van der Waals surface area contributed by atoms with Crippen LogP contribution in [0.5, 0.6) is 0 Å². The van der Waals surface area contributed by atoms with E-state index in [2.05, 4.69) is 16.0 Å². The maximum atomic E-state index is 13.6. The number of rotatable bonds is 7. The van der Waals surface area contributed by atoms with Crippen LogP contribution in [0.15, 0.2) is 48.5 Å². The number of carbonyl (C=O) groups is 2. The number of anilines is 2. The summed E-state index contributed by atoms with van der Waals surface area (Å²) in [6, 6.07) is 13.2. The summed E-state index contributed by atoms with van der Waals surface area (Å²) in [4.78, 5) is 24.2. The number of halogens is 2. The Hall–Kier alpha value is -2.44. The van der Waals surface area contributed by atoms with E-state index in [4.69, 9.17) is 0 Å². The Labute approximate surface area is 176 Å². The zero-order chi connectivity index (χ0) is 19.8. The Kier molecular flexibility index (Phi) is 9.09. The van der Waals surface area contributed by atoms with Gasteiger partial charge in [-0.2, -0.15) is 0 Å². The van der Waals surface area contributed by atoms with Crippen LogP contribution in [0.25, 0.3) is 0 Å². The number of hydrogen-bond donors (Lipinski definition) is 3. The largest absolute Gasteiger partial charge is 0.326 e. The number of hydrogen-bond acceptors (Lipinski definition) is 3. The van der Waals surface area contributed by atoms with Crippen LogP contribution in [-0.2, 0) is 16.0 Å². The SMILES string of the molecule is Cl.O=C(CCC1CCNCC1)Nc1ccc(CC(=O)Nc2ccccc2F)cc1. The Morgan fingerprint density at radius 1 is 0.966 bits per heavy atom. The molecule has 2 aromatic rings. The first-order valence-electron chi connectivity index (χ1n) is 9.74. The molecule has 0 unspecified atom stereocenters. The summed E-state index contributed by atoms with van der Waals surface area (Å²) in [5.74, 6) is -0.104. The van der Waals surface area contributed by atoms with Crippen molar-refractivity contribution in [2.24, 2.45) is 5.92 Å². The quantitative estimate of drug-likeness (QED) is 0.631. The zero-order valence-corrected chi connectivity index (χ0v) is 17.1. The van der Waals surface area contributed by atoms with Crippen molar-refractivity contribution in [2.45, 2.75) is 32.1 Å². The van der Waals surface area contributed by atoms with Crippen LogP contribution in [0.2, 0.25) is 0 Å². The molecule has 0 spiro atoms. The predicted molar refractivity (Wildman–Crippen MR) is 116 cm³/mol. The second-order valence-electron chi connectivity index (χ2n) is 7.18. The molecule has 1 saturated heterocycles. The van der Waals surface area contributed by atoms with Gasteiger partial charge in [-0.3, -0.25) is 9.59 Å². The lowest BCUT2D eigenvalue weighted by atomic mass is 9.93. The smallest absolute Gasteiger partial charge is 0.228 e. The second-order valence-corrected chi connectivity index (χ2v) is 7.18. The number of nitrogens with one attached hydrogen (secondary N) is 3. The molecule has 0 bridgehead atoms. The molecule has 3 N–H and O–H groups in total. The summed E-state index contributed by atoms with van der Waals surface area (Å²) in [6.45, 7) is 2.08. The van der Waals surface area contributed by atoms with E-state index in [0.29, 0.717) is 18.0 Å². The van der Waals surface area contributed by atoms with E-state index < -0.39 is 5.82 Å². The maximum Gasteiger partial charge on any atom is 0.228 e. The fourth-order valence-corrected chi connectivity index (χ4v) is 3.38. The van der Waals surface area contributed by atoms with Crippen LogP contribution in [0.3, 0.4) is 0 Å². The molecule has 29 heavy (non-hydrogen) atoms. The van der Waals surface area contributed by atoms with E-state index in [-0.39, 0.29) is 36.3 Å². The third-order valence-corrected chi connectivity index (χ3v) is 4.99. The van der Waals surface area contributed by atoms with Gasteiger partial charge in [-0.05, 0) is 68.1 Å². The molecule has 2 aromatic carbocycles. The van der Waals surface area contributed by atoms with E-state index in [9.17, 15) is 14.0 Å². The van der Waals surface area contributed by atoms with E-state index in [1.807, 2.05) is 0 Å². The van der Waals surface area contributed by atoms with Crippen molar-refractivity contribution < 1.29 is 14.0 Å². The Morgan fingerprint density at radius 3 is 2.34 bits per heavy atom. The molecule has 1 aliphatic rings. The molecule has 5 nitrogen and oxygen atoms in total. The summed E-state index contributed by atoms with van der Waals surface area (Å²) in [6.07, 6.45) is 3.85. The van der Waals surface area contributed by atoms with Gasteiger partial charge in [0.1, 0.15) is 5.82 Å². The molecule has 1 aliphatic heterocycles. The van der Waals surface area contributed by atoms with E-state index in [0.717, 1.165) is 37.9 Å². The zero-order valence-electron chi connectivity index (χ0n) is 16.2. The molecular formula is C22H27ClFN3O2.